The Hall–Kier alpha value is -3.32. The molecule has 0 aliphatic carbocycles. The van der Waals surface area contributed by atoms with Crippen LogP contribution in [0.4, 0.5) is 5.69 Å². The number of carboxylic acid groups (broad SMARTS) is 1. The summed E-state index contributed by atoms with van der Waals surface area (Å²) in [5.74, 6) is -0.340. The minimum Gasteiger partial charge on any atom is -0.493 e. The molecule has 2 N–H and O–H groups in total. The van der Waals surface area contributed by atoms with Crippen molar-refractivity contribution in [2.75, 3.05) is 19.0 Å². The molecule has 1 amide bonds. The van der Waals surface area contributed by atoms with Gasteiger partial charge in [0.1, 0.15) is 4.88 Å². The fourth-order valence-corrected chi connectivity index (χ4v) is 5.07. The standard InChI is InChI=1S/C23H21NO5S/c1-3-29-20-14(10-7-11-16(20)28-2)15-12-17(25)24-19-18(13-8-5-4-6-9-13)22(23(26)27)30-21(15)19/h4-11,15H,3,12H2,1-2H3,(H,24,25)(H,26,27)/t15-/m0/s1. The lowest BCUT2D eigenvalue weighted by molar-refractivity contribution is -0.116. The van der Waals surface area contributed by atoms with Crippen LogP contribution in [0.25, 0.3) is 11.1 Å². The van der Waals surface area contributed by atoms with Gasteiger partial charge in [0.05, 0.1) is 19.4 Å². The van der Waals surface area contributed by atoms with E-state index in [0.717, 1.165) is 16.0 Å². The van der Waals surface area contributed by atoms with Gasteiger partial charge in [-0.05, 0) is 18.6 Å². The van der Waals surface area contributed by atoms with E-state index in [1.807, 2.05) is 55.5 Å². The van der Waals surface area contributed by atoms with Gasteiger partial charge in [0, 0.05) is 28.3 Å². The maximum atomic E-state index is 12.7. The van der Waals surface area contributed by atoms with Crippen molar-refractivity contribution in [1.29, 1.82) is 0 Å². The predicted octanol–water partition coefficient (Wildman–Crippen LogP) is 4.99. The fraction of sp³-hybridized carbons (Fsp3) is 0.217. The van der Waals surface area contributed by atoms with Gasteiger partial charge in [-0.2, -0.15) is 0 Å². The van der Waals surface area contributed by atoms with Gasteiger partial charge in [0.25, 0.3) is 0 Å². The molecule has 0 saturated heterocycles. The van der Waals surface area contributed by atoms with E-state index in [4.69, 9.17) is 9.47 Å². The second kappa shape index (κ2) is 8.20. The van der Waals surface area contributed by atoms with Crippen molar-refractivity contribution in [1.82, 2.24) is 0 Å². The maximum Gasteiger partial charge on any atom is 0.346 e. The number of rotatable bonds is 6. The van der Waals surface area contributed by atoms with Crippen molar-refractivity contribution in [3.05, 3.63) is 63.8 Å². The summed E-state index contributed by atoms with van der Waals surface area (Å²) < 4.78 is 11.3. The predicted molar refractivity (Wildman–Crippen MR) is 116 cm³/mol. The number of carbonyl (C=O) groups excluding carboxylic acids is 1. The number of fused-ring (bicyclic) bond motifs is 1. The lowest BCUT2D eigenvalue weighted by Crippen LogP contribution is -2.23. The second-order valence-electron chi connectivity index (χ2n) is 6.83. The van der Waals surface area contributed by atoms with Gasteiger partial charge >= 0.3 is 5.97 Å². The molecule has 1 aromatic heterocycles. The highest BCUT2D eigenvalue weighted by atomic mass is 32.1. The Bertz CT molecular complexity index is 1110. The van der Waals surface area contributed by atoms with Crippen molar-refractivity contribution in [3.8, 4) is 22.6 Å². The average molecular weight is 423 g/mol. The lowest BCUT2D eigenvalue weighted by atomic mass is 9.88. The molecule has 6 nitrogen and oxygen atoms in total. The number of carbonyl (C=O) groups is 2. The number of nitrogens with one attached hydrogen (secondary N) is 1. The van der Waals surface area contributed by atoms with Crippen molar-refractivity contribution in [3.63, 3.8) is 0 Å². The molecule has 2 heterocycles. The molecule has 0 saturated carbocycles. The van der Waals surface area contributed by atoms with Crippen LogP contribution in [-0.4, -0.2) is 30.7 Å². The van der Waals surface area contributed by atoms with Gasteiger partial charge in [-0.15, -0.1) is 11.3 Å². The monoisotopic (exact) mass is 423 g/mol. The van der Waals surface area contributed by atoms with E-state index in [1.165, 1.54) is 11.3 Å². The molecule has 0 fully saturated rings. The summed E-state index contributed by atoms with van der Waals surface area (Å²) in [4.78, 5) is 25.7. The first-order valence-corrected chi connectivity index (χ1v) is 10.4. The van der Waals surface area contributed by atoms with Gasteiger partial charge in [-0.3, -0.25) is 4.79 Å². The Kier molecular flexibility index (Phi) is 5.46. The van der Waals surface area contributed by atoms with E-state index in [9.17, 15) is 14.7 Å². The van der Waals surface area contributed by atoms with Crippen LogP contribution in [0, 0.1) is 0 Å². The molecule has 1 aliphatic rings. The summed E-state index contributed by atoms with van der Waals surface area (Å²) in [6, 6.07) is 14.8. The number of methoxy groups -OCH3 is 1. The van der Waals surface area contributed by atoms with Crippen LogP contribution in [0.1, 0.15) is 39.4 Å². The summed E-state index contributed by atoms with van der Waals surface area (Å²) in [6.45, 7) is 2.33. The second-order valence-corrected chi connectivity index (χ2v) is 7.89. The average Bonchev–Trinajstić information content (AvgIpc) is 3.14. The first kappa shape index (κ1) is 20.0. The van der Waals surface area contributed by atoms with Gasteiger partial charge in [0.15, 0.2) is 11.5 Å². The van der Waals surface area contributed by atoms with Crippen LogP contribution in [0.2, 0.25) is 0 Å². The molecule has 1 aliphatic heterocycles. The molecule has 7 heteroatoms. The Morgan fingerprint density at radius 2 is 1.97 bits per heavy atom. The minimum absolute atomic E-state index is 0.162. The molecule has 1 atom stereocenters. The van der Waals surface area contributed by atoms with Crippen molar-refractivity contribution >= 4 is 28.9 Å². The highest BCUT2D eigenvalue weighted by Gasteiger charge is 2.36. The summed E-state index contributed by atoms with van der Waals surface area (Å²) in [5, 5.41) is 12.8. The Balaban J connectivity index is 1.95. The van der Waals surface area contributed by atoms with E-state index in [1.54, 1.807) is 7.11 Å². The summed E-state index contributed by atoms with van der Waals surface area (Å²) >= 11 is 1.20. The van der Waals surface area contributed by atoms with Crippen molar-refractivity contribution in [2.45, 2.75) is 19.3 Å². The third kappa shape index (κ3) is 3.41. The van der Waals surface area contributed by atoms with Crippen LogP contribution in [-0.2, 0) is 4.79 Å². The molecular weight excluding hydrogens is 402 g/mol. The number of benzene rings is 2. The van der Waals surface area contributed by atoms with Crippen LogP contribution in [0.3, 0.4) is 0 Å². The molecule has 0 bridgehead atoms. The lowest BCUT2D eigenvalue weighted by Gasteiger charge is -2.26. The number of para-hydroxylation sites is 1. The first-order valence-electron chi connectivity index (χ1n) is 9.60. The van der Waals surface area contributed by atoms with E-state index in [2.05, 4.69) is 5.32 Å². The van der Waals surface area contributed by atoms with E-state index >= 15 is 0 Å². The van der Waals surface area contributed by atoms with Gasteiger partial charge in [0.2, 0.25) is 5.91 Å². The number of aromatic carboxylic acids is 1. The fourth-order valence-electron chi connectivity index (χ4n) is 3.84. The van der Waals surface area contributed by atoms with Crippen LogP contribution in [0.15, 0.2) is 48.5 Å². The van der Waals surface area contributed by atoms with Gasteiger partial charge < -0.3 is 19.9 Å². The smallest absolute Gasteiger partial charge is 0.346 e. The zero-order chi connectivity index (χ0) is 21.3. The van der Waals surface area contributed by atoms with E-state index < -0.39 is 5.97 Å². The third-order valence-corrected chi connectivity index (χ3v) is 6.35. The van der Waals surface area contributed by atoms with E-state index in [0.29, 0.717) is 29.4 Å². The Labute approximate surface area is 178 Å². The number of anilines is 1. The zero-order valence-corrected chi connectivity index (χ0v) is 17.4. The molecule has 4 rings (SSSR count). The molecule has 3 aromatic rings. The Morgan fingerprint density at radius 1 is 1.20 bits per heavy atom. The van der Waals surface area contributed by atoms with Crippen LogP contribution < -0.4 is 14.8 Å². The number of thiophene rings is 1. The molecule has 0 radical (unpaired) electrons. The quantitative estimate of drug-likeness (QED) is 0.583. The maximum absolute atomic E-state index is 12.7. The van der Waals surface area contributed by atoms with E-state index in [-0.39, 0.29) is 23.1 Å². The van der Waals surface area contributed by atoms with Crippen molar-refractivity contribution < 1.29 is 24.2 Å². The highest BCUT2D eigenvalue weighted by Crippen LogP contribution is 2.51. The first-order chi connectivity index (χ1) is 14.5. The molecular formula is C23H21NO5S. The number of ether oxygens (including phenoxy) is 2. The molecule has 2 aromatic carbocycles. The van der Waals surface area contributed by atoms with Gasteiger partial charge in [-0.25, -0.2) is 4.79 Å². The third-order valence-electron chi connectivity index (χ3n) is 5.06. The summed E-state index contributed by atoms with van der Waals surface area (Å²) in [7, 11) is 1.57. The zero-order valence-electron chi connectivity index (χ0n) is 16.6. The van der Waals surface area contributed by atoms with Crippen LogP contribution >= 0.6 is 11.3 Å². The minimum atomic E-state index is -1.02. The Morgan fingerprint density at radius 3 is 2.63 bits per heavy atom. The number of carboxylic acids is 1. The highest BCUT2D eigenvalue weighted by molar-refractivity contribution is 7.15. The SMILES string of the molecule is CCOc1c(OC)cccc1[C@@H]1CC(=O)Nc2c1sc(C(=O)O)c2-c1ccccc1. The molecule has 0 spiro atoms. The molecule has 0 unspecified atom stereocenters. The summed E-state index contributed by atoms with van der Waals surface area (Å²) in [5.41, 5.74) is 2.67. The van der Waals surface area contributed by atoms with Crippen LogP contribution in [0.5, 0.6) is 11.5 Å². The normalized spacial score (nSPS) is 15.3. The van der Waals surface area contributed by atoms with Gasteiger partial charge in [-0.1, -0.05) is 42.5 Å². The number of amides is 1. The van der Waals surface area contributed by atoms with Crippen molar-refractivity contribution in [2.24, 2.45) is 0 Å². The largest absolute Gasteiger partial charge is 0.493 e. The molecule has 154 valence electrons. The molecule has 30 heavy (non-hydrogen) atoms. The number of hydrogen-bond acceptors (Lipinski definition) is 5. The number of hydrogen-bond donors (Lipinski definition) is 2. The summed E-state index contributed by atoms with van der Waals surface area (Å²) in [6.07, 6.45) is 0.202. The topological polar surface area (TPSA) is 84.9 Å².